The first kappa shape index (κ1) is 28.8. The summed E-state index contributed by atoms with van der Waals surface area (Å²) in [5.41, 5.74) is 1.83. The minimum Gasteiger partial charge on any atom is -0.352 e. The van der Waals surface area contributed by atoms with E-state index in [1.807, 2.05) is 20.8 Å². The molecule has 0 heterocycles. The summed E-state index contributed by atoms with van der Waals surface area (Å²) < 4.78 is 42.0. The van der Waals surface area contributed by atoms with Gasteiger partial charge in [0, 0.05) is 12.6 Å². The Morgan fingerprint density at radius 1 is 0.921 bits per heavy atom. The Balaban J connectivity index is 1.99. The van der Waals surface area contributed by atoms with Crippen LogP contribution in [0.1, 0.15) is 38.3 Å². The molecule has 38 heavy (non-hydrogen) atoms. The van der Waals surface area contributed by atoms with Gasteiger partial charge in [-0.3, -0.25) is 13.9 Å². The van der Waals surface area contributed by atoms with Crippen molar-refractivity contribution in [2.45, 2.75) is 57.6 Å². The summed E-state index contributed by atoms with van der Waals surface area (Å²) >= 11 is 0. The molecule has 0 aromatic heterocycles. The van der Waals surface area contributed by atoms with Crippen LogP contribution in [0.3, 0.4) is 0 Å². The highest BCUT2D eigenvalue weighted by molar-refractivity contribution is 7.92. The number of halogens is 1. The number of aryl methyl sites for hydroxylation is 1. The number of carbonyl (C=O) groups is 2. The average Bonchev–Trinajstić information content (AvgIpc) is 2.91. The maximum Gasteiger partial charge on any atom is 0.264 e. The number of amides is 2. The number of rotatable bonds is 11. The van der Waals surface area contributed by atoms with Crippen LogP contribution in [0.5, 0.6) is 0 Å². The summed E-state index contributed by atoms with van der Waals surface area (Å²) in [6, 6.07) is 19.4. The van der Waals surface area contributed by atoms with Gasteiger partial charge in [-0.15, -0.1) is 0 Å². The molecular formula is C29H34FN3O4S. The molecule has 0 spiro atoms. The predicted molar refractivity (Wildman–Crippen MR) is 146 cm³/mol. The third kappa shape index (κ3) is 7.19. The number of benzene rings is 3. The van der Waals surface area contributed by atoms with E-state index in [4.69, 9.17) is 0 Å². The van der Waals surface area contributed by atoms with Gasteiger partial charge in [0.1, 0.15) is 18.4 Å². The Morgan fingerprint density at radius 3 is 2.11 bits per heavy atom. The van der Waals surface area contributed by atoms with Gasteiger partial charge in [-0.05, 0) is 69.2 Å². The summed E-state index contributed by atoms with van der Waals surface area (Å²) in [7, 11) is -4.11. The van der Waals surface area contributed by atoms with Gasteiger partial charge in [0.25, 0.3) is 10.0 Å². The van der Waals surface area contributed by atoms with E-state index < -0.39 is 34.3 Å². The fourth-order valence-electron chi connectivity index (χ4n) is 3.80. The highest BCUT2D eigenvalue weighted by Crippen LogP contribution is 2.24. The number of para-hydroxylation sites is 1. The second-order valence-corrected chi connectivity index (χ2v) is 11.2. The fourth-order valence-corrected chi connectivity index (χ4v) is 5.21. The monoisotopic (exact) mass is 539 g/mol. The lowest BCUT2D eigenvalue weighted by Crippen LogP contribution is -2.52. The van der Waals surface area contributed by atoms with Crippen molar-refractivity contribution in [3.05, 3.63) is 95.8 Å². The molecule has 0 saturated carbocycles. The lowest BCUT2D eigenvalue weighted by Gasteiger charge is -2.32. The zero-order chi connectivity index (χ0) is 27.9. The van der Waals surface area contributed by atoms with E-state index in [-0.39, 0.29) is 23.4 Å². The number of anilines is 1. The van der Waals surface area contributed by atoms with Gasteiger partial charge < -0.3 is 10.2 Å². The van der Waals surface area contributed by atoms with Gasteiger partial charge in [-0.1, -0.05) is 55.0 Å². The summed E-state index contributed by atoms with van der Waals surface area (Å²) in [5.74, 6) is -1.35. The van der Waals surface area contributed by atoms with Gasteiger partial charge in [0.05, 0.1) is 10.6 Å². The Labute approximate surface area is 224 Å². The van der Waals surface area contributed by atoms with E-state index in [2.05, 4.69) is 5.32 Å². The molecule has 3 rings (SSSR count). The molecule has 0 aliphatic heterocycles. The molecule has 0 unspecified atom stereocenters. The maximum atomic E-state index is 13.8. The summed E-state index contributed by atoms with van der Waals surface area (Å²) in [6.45, 7) is 6.73. The van der Waals surface area contributed by atoms with Gasteiger partial charge >= 0.3 is 0 Å². The molecule has 1 N–H and O–H groups in total. The van der Waals surface area contributed by atoms with Crippen LogP contribution in [-0.2, 0) is 26.2 Å². The lowest BCUT2D eigenvalue weighted by molar-refractivity contribution is -0.139. The van der Waals surface area contributed by atoms with Gasteiger partial charge in [0.15, 0.2) is 0 Å². The summed E-state index contributed by atoms with van der Waals surface area (Å²) in [5, 5.41) is 2.88. The third-order valence-electron chi connectivity index (χ3n) is 6.37. The first-order chi connectivity index (χ1) is 18.0. The quantitative estimate of drug-likeness (QED) is 0.384. The summed E-state index contributed by atoms with van der Waals surface area (Å²) in [4.78, 5) is 28.2. The molecule has 3 aromatic rings. The molecule has 0 fully saturated rings. The van der Waals surface area contributed by atoms with Crippen LogP contribution in [0.15, 0.2) is 83.8 Å². The van der Waals surface area contributed by atoms with E-state index in [1.165, 1.54) is 41.3 Å². The largest absolute Gasteiger partial charge is 0.352 e. The van der Waals surface area contributed by atoms with Crippen molar-refractivity contribution in [3.8, 4) is 0 Å². The molecular weight excluding hydrogens is 505 g/mol. The van der Waals surface area contributed by atoms with Crippen molar-refractivity contribution in [1.29, 1.82) is 0 Å². The van der Waals surface area contributed by atoms with E-state index in [0.29, 0.717) is 17.7 Å². The van der Waals surface area contributed by atoms with Crippen LogP contribution in [0.2, 0.25) is 0 Å². The molecule has 0 radical (unpaired) electrons. The average molecular weight is 540 g/mol. The first-order valence-corrected chi connectivity index (χ1v) is 14.0. The van der Waals surface area contributed by atoms with Crippen molar-refractivity contribution >= 4 is 27.5 Å². The lowest BCUT2D eigenvalue weighted by atomic mass is 10.1. The van der Waals surface area contributed by atoms with E-state index in [1.54, 1.807) is 49.4 Å². The third-order valence-corrected chi connectivity index (χ3v) is 8.15. The van der Waals surface area contributed by atoms with Crippen molar-refractivity contribution in [1.82, 2.24) is 10.2 Å². The fraction of sp³-hybridized carbons (Fsp3) is 0.310. The van der Waals surface area contributed by atoms with Crippen molar-refractivity contribution in [2.75, 3.05) is 10.8 Å². The first-order valence-electron chi connectivity index (χ1n) is 12.5. The van der Waals surface area contributed by atoms with Crippen LogP contribution < -0.4 is 9.62 Å². The van der Waals surface area contributed by atoms with E-state index in [0.717, 1.165) is 9.87 Å². The summed E-state index contributed by atoms with van der Waals surface area (Å²) in [6.07, 6.45) is 0.709. The number of nitrogens with one attached hydrogen (secondary N) is 1. The number of hydrogen-bond acceptors (Lipinski definition) is 4. The second kappa shape index (κ2) is 12.7. The number of carbonyl (C=O) groups excluding carboxylic acids is 2. The van der Waals surface area contributed by atoms with Crippen molar-refractivity contribution in [2.24, 2.45) is 0 Å². The van der Waals surface area contributed by atoms with Crippen molar-refractivity contribution in [3.63, 3.8) is 0 Å². The molecule has 202 valence electrons. The van der Waals surface area contributed by atoms with Gasteiger partial charge in [-0.25, -0.2) is 12.8 Å². The van der Waals surface area contributed by atoms with Crippen molar-refractivity contribution < 1.29 is 22.4 Å². The molecule has 2 amide bonds. The second-order valence-electron chi connectivity index (χ2n) is 9.30. The standard InChI is InChI=1S/C29H34FN3O4S/c1-5-22(3)31-29(35)23(4)32(19-24-13-15-25(30)16-14-24)28(34)20-33(26-9-7-6-8-10-26)38(36,37)27-17-11-21(2)12-18-27/h6-18,22-23H,5,19-20H2,1-4H3,(H,31,35)/t22-,23-/m0/s1. The molecule has 9 heteroatoms. The Kier molecular flexibility index (Phi) is 9.63. The topological polar surface area (TPSA) is 86.8 Å². The Hall–Kier alpha value is -3.72. The highest BCUT2D eigenvalue weighted by atomic mass is 32.2. The normalized spacial score (nSPS) is 12.9. The molecule has 0 aliphatic carbocycles. The van der Waals surface area contributed by atoms with E-state index in [9.17, 15) is 22.4 Å². The molecule has 0 bridgehead atoms. The number of nitrogens with zero attached hydrogens (tertiary/aromatic N) is 2. The van der Waals surface area contributed by atoms with Crippen LogP contribution in [0, 0.1) is 12.7 Å². The van der Waals surface area contributed by atoms with Crippen LogP contribution in [0.4, 0.5) is 10.1 Å². The number of sulfonamides is 1. The Morgan fingerprint density at radius 2 is 1.53 bits per heavy atom. The predicted octanol–water partition coefficient (Wildman–Crippen LogP) is 4.66. The van der Waals surface area contributed by atoms with Crippen LogP contribution in [-0.4, -0.2) is 43.8 Å². The zero-order valence-corrected chi connectivity index (χ0v) is 22.9. The van der Waals surface area contributed by atoms with Gasteiger partial charge in [-0.2, -0.15) is 0 Å². The zero-order valence-electron chi connectivity index (χ0n) is 22.1. The highest BCUT2D eigenvalue weighted by Gasteiger charge is 2.32. The van der Waals surface area contributed by atoms with Crippen LogP contribution in [0.25, 0.3) is 0 Å². The van der Waals surface area contributed by atoms with Gasteiger partial charge in [0.2, 0.25) is 11.8 Å². The van der Waals surface area contributed by atoms with E-state index >= 15 is 0 Å². The molecule has 2 atom stereocenters. The molecule has 0 aliphatic rings. The number of hydrogen-bond donors (Lipinski definition) is 1. The smallest absolute Gasteiger partial charge is 0.264 e. The molecule has 3 aromatic carbocycles. The maximum absolute atomic E-state index is 13.8. The molecule has 7 nitrogen and oxygen atoms in total. The van der Waals surface area contributed by atoms with Crippen LogP contribution >= 0.6 is 0 Å². The minimum atomic E-state index is -4.11. The Bertz CT molecular complexity index is 1330. The minimum absolute atomic E-state index is 0.00140. The SMILES string of the molecule is CC[C@H](C)NC(=O)[C@H](C)N(Cc1ccc(F)cc1)C(=O)CN(c1ccccc1)S(=O)(=O)c1ccc(C)cc1. The molecule has 0 saturated heterocycles.